The van der Waals surface area contributed by atoms with Crippen molar-refractivity contribution < 1.29 is 9.59 Å². The van der Waals surface area contributed by atoms with Gasteiger partial charge in [-0.3, -0.25) is 14.5 Å². The molecule has 0 radical (unpaired) electrons. The van der Waals surface area contributed by atoms with E-state index < -0.39 is 0 Å². The van der Waals surface area contributed by atoms with E-state index >= 15 is 0 Å². The fourth-order valence-corrected chi connectivity index (χ4v) is 4.55. The molecule has 0 N–H and O–H groups in total. The molecule has 0 unspecified atom stereocenters. The van der Waals surface area contributed by atoms with Gasteiger partial charge in [0.15, 0.2) is 0 Å². The van der Waals surface area contributed by atoms with Gasteiger partial charge in [-0.15, -0.1) is 0 Å². The third-order valence-electron chi connectivity index (χ3n) is 6.36. The van der Waals surface area contributed by atoms with Gasteiger partial charge >= 0.3 is 0 Å². The van der Waals surface area contributed by atoms with Gasteiger partial charge in [-0.05, 0) is 37.8 Å². The van der Waals surface area contributed by atoms with Crippen molar-refractivity contribution in [3.8, 4) is 0 Å². The van der Waals surface area contributed by atoms with Crippen LogP contribution in [-0.2, 0) is 16.0 Å². The summed E-state index contributed by atoms with van der Waals surface area (Å²) in [6.45, 7) is 8.44. The lowest BCUT2D eigenvalue weighted by Gasteiger charge is -2.38. The molecule has 1 saturated heterocycles. The minimum Gasteiger partial charge on any atom is -0.340 e. The number of likely N-dealkylation sites (N-methyl/N-ethyl adjacent to an activating group) is 1. The van der Waals surface area contributed by atoms with Gasteiger partial charge in [0.25, 0.3) is 0 Å². The van der Waals surface area contributed by atoms with E-state index in [1.54, 1.807) is 0 Å². The van der Waals surface area contributed by atoms with Gasteiger partial charge in [-0.2, -0.15) is 0 Å². The molecule has 5 nitrogen and oxygen atoms in total. The molecule has 1 aliphatic heterocycles. The predicted molar refractivity (Wildman–Crippen MR) is 112 cm³/mol. The zero-order chi connectivity index (χ0) is 19.9. The lowest BCUT2D eigenvalue weighted by atomic mass is 9.94. The smallest absolute Gasteiger partial charge is 0.236 e. The number of hydrogen-bond acceptors (Lipinski definition) is 3. The highest BCUT2D eigenvalue weighted by Crippen LogP contribution is 2.22. The van der Waals surface area contributed by atoms with E-state index in [0.29, 0.717) is 32.1 Å². The van der Waals surface area contributed by atoms with E-state index in [0.717, 1.165) is 38.0 Å². The van der Waals surface area contributed by atoms with Gasteiger partial charge in [0, 0.05) is 38.8 Å². The van der Waals surface area contributed by atoms with Crippen LogP contribution in [0.25, 0.3) is 0 Å². The third-order valence-corrected chi connectivity index (χ3v) is 6.36. The van der Waals surface area contributed by atoms with E-state index in [-0.39, 0.29) is 11.8 Å². The minimum atomic E-state index is 0.192. The molecule has 2 fully saturated rings. The fourth-order valence-electron chi connectivity index (χ4n) is 4.55. The average Bonchev–Trinajstić information content (AvgIpc) is 2.71. The Morgan fingerprint density at radius 1 is 1.04 bits per heavy atom. The van der Waals surface area contributed by atoms with Crippen molar-refractivity contribution in [2.75, 3.05) is 39.3 Å². The summed E-state index contributed by atoms with van der Waals surface area (Å²) in [5.74, 6) is 0.451. The standard InChI is InChI=1S/C23H35N3O2/c1-3-26(21-11-5-4-6-12-21)23(28)18-24-13-15-25(16-14-24)22(27)17-20-10-8-7-9-19(20)2/h7-10,21H,3-6,11-18H2,1-2H3. The number of carbonyl (C=O) groups excluding carboxylic acids is 2. The van der Waals surface area contributed by atoms with Gasteiger partial charge in [-0.25, -0.2) is 0 Å². The Kier molecular flexibility index (Phi) is 7.49. The number of rotatable bonds is 6. The Morgan fingerprint density at radius 3 is 2.36 bits per heavy atom. The summed E-state index contributed by atoms with van der Waals surface area (Å²) in [5, 5.41) is 0. The van der Waals surface area contributed by atoms with E-state index in [1.165, 1.54) is 24.8 Å². The van der Waals surface area contributed by atoms with Crippen LogP contribution in [0.15, 0.2) is 24.3 Å². The zero-order valence-electron chi connectivity index (χ0n) is 17.5. The maximum atomic E-state index is 12.8. The van der Waals surface area contributed by atoms with Crippen molar-refractivity contribution in [2.45, 2.75) is 58.4 Å². The largest absolute Gasteiger partial charge is 0.340 e. The molecule has 3 rings (SSSR count). The van der Waals surface area contributed by atoms with Crippen LogP contribution < -0.4 is 0 Å². The van der Waals surface area contributed by atoms with Crippen LogP contribution in [0.4, 0.5) is 0 Å². The number of carbonyl (C=O) groups is 2. The average molecular weight is 386 g/mol. The lowest BCUT2D eigenvalue weighted by Crippen LogP contribution is -2.53. The normalized spacial score (nSPS) is 18.9. The predicted octanol–water partition coefficient (Wildman–Crippen LogP) is 2.86. The van der Waals surface area contributed by atoms with Crippen molar-refractivity contribution >= 4 is 11.8 Å². The molecule has 2 amide bonds. The maximum absolute atomic E-state index is 12.8. The summed E-state index contributed by atoms with van der Waals surface area (Å²) in [5.41, 5.74) is 2.28. The monoisotopic (exact) mass is 385 g/mol. The van der Waals surface area contributed by atoms with Crippen molar-refractivity contribution in [2.24, 2.45) is 0 Å². The van der Waals surface area contributed by atoms with Gasteiger partial charge in [-0.1, -0.05) is 43.5 Å². The fraction of sp³-hybridized carbons (Fsp3) is 0.652. The molecule has 1 aliphatic carbocycles. The lowest BCUT2D eigenvalue weighted by molar-refractivity contribution is -0.136. The number of nitrogens with zero attached hydrogens (tertiary/aromatic N) is 3. The van der Waals surface area contributed by atoms with Crippen molar-refractivity contribution in [1.82, 2.24) is 14.7 Å². The first-order valence-electron chi connectivity index (χ1n) is 10.9. The summed E-state index contributed by atoms with van der Waals surface area (Å²) in [7, 11) is 0. The first-order valence-corrected chi connectivity index (χ1v) is 10.9. The molecule has 1 aromatic carbocycles. The second-order valence-corrected chi connectivity index (χ2v) is 8.23. The van der Waals surface area contributed by atoms with Gasteiger partial charge in [0.1, 0.15) is 0 Å². The number of piperazine rings is 1. The number of amides is 2. The Bertz CT molecular complexity index is 662. The minimum absolute atomic E-state index is 0.192. The first-order chi connectivity index (χ1) is 13.6. The van der Waals surface area contributed by atoms with Crippen LogP contribution in [0, 0.1) is 6.92 Å². The Balaban J connectivity index is 1.46. The number of hydrogen-bond donors (Lipinski definition) is 0. The SMILES string of the molecule is CCN(C(=O)CN1CCN(C(=O)Cc2ccccc2C)CC1)C1CCCCC1. The van der Waals surface area contributed by atoms with E-state index in [2.05, 4.69) is 29.7 Å². The first kappa shape index (κ1) is 20.8. The van der Waals surface area contributed by atoms with Crippen LogP contribution in [0.2, 0.25) is 0 Å². The molecule has 28 heavy (non-hydrogen) atoms. The highest BCUT2D eigenvalue weighted by atomic mass is 16.2. The summed E-state index contributed by atoms with van der Waals surface area (Å²) in [6.07, 6.45) is 6.57. The molecule has 0 atom stereocenters. The molecular formula is C23H35N3O2. The molecule has 1 heterocycles. The Labute approximate surface area is 169 Å². The summed E-state index contributed by atoms with van der Waals surface area (Å²) >= 11 is 0. The van der Waals surface area contributed by atoms with E-state index in [1.807, 2.05) is 23.1 Å². The Morgan fingerprint density at radius 2 is 1.71 bits per heavy atom. The Hall–Kier alpha value is -1.88. The second-order valence-electron chi connectivity index (χ2n) is 8.23. The molecule has 1 saturated carbocycles. The number of benzene rings is 1. The van der Waals surface area contributed by atoms with Gasteiger partial charge < -0.3 is 9.80 Å². The second kappa shape index (κ2) is 10.1. The van der Waals surface area contributed by atoms with E-state index in [4.69, 9.17) is 0 Å². The molecule has 1 aromatic rings. The summed E-state index contributed by atoms with van der Waals surface area (Å²) in [4.78, 5) is 31.7. The topological polar surface area (TPSA) is 43.9 Å². The molecule has 0 spiro atoms. The maximum Gasteiger partial charge on any atom is 0.236 e. The molecule has 154 valence electrons. The van der Waals surface area contributed by atoms with Gasteiger partial charge in [0.05, 0.1) is 13.0 Å². The van der Waals surface area contributed by atoms with Crippen LogP contribution in [0.3, 0.4) is 0 Å². The number of aryl methyl sites for hydroxylation is 1. The molecule has 2 aliphatic rings. The van der Waals surface area contributed by atoms with Crippen molar-refractivity contribution in [1.29, 1.82) is 0 Å². The van der Waals surface area contributed by atoms with Crippen molar-refractivity contribution in [3.63, 3.8) is 0 Å². The zero-order valence-corrected chi connectivity index (χ0v) is 17.5. The van der Waals surface area contributed by atoms with Crippen LogP contribution >= 0.6 is 0 Å². The molecular weight excluding hydrogens is 350 g/mol. The van der Waals surface area contributed by atoms with Crippen LogP contribution in [-0.4, -0.2) is 71.8 Å². The highest BCUT2D eigenvalue weighted by molar-refractivity contribution is 5.80. The highest BCUT2D eigenvalue weighted by Gasteiger charge is 2.27. The van der Waals surface area contributed by atoms with Crippen LogP contribution in [0.1, 0.15) is 50.2 Å². The quantitative estimate of drug-likeness (QED) is 0.756. The van der Waals surface area contributed by atoms with Crippen LogP contribution in [0.5, 0.6) is 0 Å². The summed E-state index contributed by atoms with van der Waals surface area (Å²) in [6, 6.07) is 8.52. The van der Waals surface area contributed by atoms with E-state index in [9.17, 15) is 9.59 Å². The molecule has 0 aromatic heterocycles. The van der Waals surface area contributed by atoms with Gasteiger partial charge in [0.2, 0.25) is 11.8 Å². The van der Waals surface area contributed by atoms with Crippen molar-refractivity contribution in [3.05, 3.63) is 35.4 Å². The third kappa shape index (κ3) is 5.34. The molecule has 0 bridgehead atoms. The molecule has 5 heteroatoms. The summed E-state index contributed by atoms with van der Waals surface area (Å²) < 4.78 is 0.